The van der Waals surface area contributed by atoms with Crippen molar-refractivity contribution >= 4 is 45.9 Å². The molecule has 7 nitrogen and oxygen atoms in total. The SMILES string of the molecule is COc1cc(NC(=O)N[C@@H]2CCC[C@H]2N(C)CCc2ccc(Cl)cc2)cc(OCI)c1OC. The van der Waals surface area contributed by atoms with Crippen molar-refractivity contribution in [2.24, 2.45) is 0 Å². The van der Waals surface area contributed by atoms with E-state index in [4.69, 9.17) is 25.8 Å². The van der Waals surface area contributed by atoms with Crippen LogP contribution in [0.2, 0.25) is 5.02 Å². The number of methoxy groups -OCH3 is 2. The van der Waals surface area contributed by atoms with E-state index in [0.29, 0.717) is 33.6 Å². The monoisotopic (exact) mass is 587 g/mol. The van der Waals surface area contributed by atoms with Gasteiger partial charge in [-0.1, -0.05) is 23.7 Å². The standard InChI is InChI=1S/C24H31ClIN3O4/c1-29(12-11-16-7-9-17(25)10-8-16)20-6-4-5-19(20)28-24(30)27-18-13-21(31-2)23(32-3)22(14-18)33-15-26/h7-10,13-14,19-20H,4-6,11-12,15H2,1-3H3,(H2,27,28,30)/t19-,20-/m1/s1. The first-order chi connectivity index (χ1) is 15.9. The summed E-state index contributed by atoms with van der Waals surface area (Å²) in [6.45, 7) is 0.915. The second-order valence-electron chi connectivity index (χ2n) is 8.02. The van der Waals surface area contributed by atoms with Crippen LogP contribution in [0.4, 0.5) is 10.5 Å². The van der Waals surface area contributed by atoms with Crippen molar-refractivity contribution in [2.45, 2.75) is 37.8 Å². The number of urea groups is 1. The topological polar surface area (TPSA) is 72.1 Å². The summed E-state index contributed by atoms with van der Waals surface area (Å²) < 4.78 is 16.9. The van der Waals surface area contributed by atoms with Gasteiger partial charge in [0, 0.05) is 35.8 Å². The van der Waals surface area contributed by atoms with Gasteiger partial charge >= 0.3 is 6.03 Å². The van der Waals surface area contributed by atoms with E-state index in [1.165, 1.54) is 5.56 Å². The molecule has 0 radical (unpaired) electrons. The molecule has 2 aromatic carbocycles. The Balaban J connectivity index is 1.59. The van der Waals surface area contributed by atoms with Crippen LogP contribution in [0.5, 0.6) is 17.2 Å². The third-order valence-electron chi connectivity index (χ3n) is 5.94. The van der Waals surface area contributed by atoms with Gasteiger partial charge in [-0.3, -0.25) is 0 Å². The van der Waals surface area contributed by atoms with Crippen LogP contribution in [0.15, 0.2) is 36.4 Å². The van der Waals surface area contributed by atoms with Crippen molar-refractivity contribution in [3.8, 4) is 17.2 Å². The lowest BCUT2D eigenvalue weighted by Crippen LogP contribution is -2.49. The molecule has 1 fully saturated rings. The van der Waals surface area contributed by atoms with Crippen LogP contribution in [0, 0.1) is 0 Å². The number of ether oxygens (including phenoxy) is 3. The third kappa shape index (κ3) is 7.04. The fraction of sp³-hybridized carbons (Fsp3) is 0.458. The summed E-state index contributed by atoms with van der Waals surface area (Å²) in [7, 11) is 5.24. The highest BCUT2D eigenvalue weighted by molar-refractivity contribution is 14.1. The van der Waals surface area contributed by atoms with Gasteiger partial charge in [-0.15, -0.1) is 0 Å². The summed E-state index contributed by atoms with van der Waals surface area (Å²) in [5.41, 5.74) is 1.83. The van der Waals surface area contributed by atoms with Crippen molar-refractivity contribution in [1.29, 1.82) is 0 Å². The van der Waals surface area contributed by atoms with Gasteiger partial charge in [0.15, 0.2) is 11.5 Å². The molecule has 9 heteroatoms. The first-order valence-electron chi connectivity index (χ1n) is 10.9. The number of carbonyl (C=O) groups excluding carboxylic acids is 1. The van der Waals surface area contributed by atoms with Crippen molar-refractivity contribution in [1.82, 2.24) is 10.2 Å². The predicted molar refractivity (Wildman–Crippen MR) is 140 cm³/mol. The minimum atomic E-state index is -0.245. The maximum absolute atomic E-state index is 12.8. The Morgan fingerprint density at radius 3 is 2.55 bits per heavy atom. The molecule has 0 aromatic heterocycles. The lowest BCUT2D eigenvalue weighted by atomic mass is 10.1. The van der Waals surface area contributed by atoms with E-state index in [1.54, 1.807) is 26.4 Å². The highest BCUT2D eigenvalue weighted by atomic mass is 127. The van der Waals surface area contributed by atoms with Crippen molar-refractivity contribution in [3.05, 3.63) is 47.0 Å². The summed E-state index contributed by atoms with van der Waals surface area (Å²) in [5.74, 6) is 1.51. The highest BCUT2D eigenvalue weighted by Gasteiger charge is 2.31. The van der Waals surface area contributed by atoms with Gasteiger partial charge in [0.25, 0.3) is 0 Å². The average Bonchev–Trinajstić information content (AvgIpc) is 3.26. The Bertz CT molecular complexity index is 929. The molecule has 2 atom stereocenters. The number of nitrogens with zero attached hydrogens (tertiary/aromatic N) is 1. The molecule has 1 saturated carbocycles. The Kier molecular flexibility index (Phi) is 9.76. The second-order valence-corrected chi connectivity index (χ2v) is 9.08. The Morgan fingerprint density at radius 1 is 1.15 bits per heavy atom. The number of halogens is 2. The van der Waals surface area contributed by atoms with Crippen LogP contribution in [0.25, 0.3) is 0 Å². The molecule has 0 aliphatic heterocycles. The summed E-state index contributed by atoms with van der Waals surface area (Å²) >= 11 is 8.09. The molecule has 0 bridgehead atoms. The van der Waals surface area contributed by atoms with Crippen LogP contribution < -0.4 is 24.8 Å². The number of alkyl halides is 1. The van der Waals surface area contributed by atoms with E-state index in [2.05, 4.69) is 57.3 Å². The first kappa shape index (κ1) is 25.7. The number of hydrogen-bond acceptors (Lipinski definition) is 5. The maximum atomic E-state index is 12.8. The third-order valence-corrected chi connectivity index (χ3v) is 6.50. The fourth-order valence-corrected chi connectivity index (χ4v) is 4.72. The average molecular weight is 588 g/mol. The van der Waals surface area contributed by atoms with Crippen molar-refractivity contribution < 1.29 is 19.0 Å². The lowest BCUT2D eigenvalue weighted by molar-refractivity contribution is 0.208. The second kappa shape index (κ2) is 12.5. The lowest BCUT2D eigenvalue weighted by Gasteiger charge is -2.30. The number of anilines is 1. The molecule has 1 aliphatic rings. The minimum Gasteiger partial charge on any atom is -0.493 e. The normalized spacial score (nSPS) is 17.6. The molecule has 0 spiro atoms. The van der Waals surface area contributed by atoms with Gasteiger partial charge in [0.05, 0.1) is 19.9 Å². The maximum Gasteiger partial charge on any atom is 0.319 e. The molecular weight excluding hydrogens is 557 g/mol. The zero-order valence-electron chi connectivity index (χ0n) is 19.2. The number of amides is 2. The Labute approximate surface area is 214 Å². The molecule has 0 saturated heterocycles. The Morgan fingerprint density at radius 2 is 1.88 bits per heavy atom. The van der Waals surface area contributed by atoms with E-state index in [9.17, 15) is 4.79 Å². The smallest absolute Gasteiger partial charge is 0.319 e. The van der Waals surface area contributed by atoms with Gasteiger partial charge in [-0.05, 0) is 73.0 Å². The van der Waals surface area contributed by atoms with Crippen LogP contribution in [-0.4, -0.2) is 55.4 Å². The molecule has 2 amide bonds. The summed E-state index contributed by atoms with van der Waals surface area (Å²) in [4.78, 5) is 15.1. The van der Waals surface area contributed by atoms with Gasteiger partial charge in [0.1, 0.15) is 4.61 Å². The number of benzene rings is 2. The molecule has 0 unspecified atom stereocenters. The van der Waals surface area contributed by atoms with Crippen molar-refractivity contribution in [3.63, 3.8) is 0 Å². The first-order valence-corrected chi connectivity index (χ1v) is 12.8. The van der Waals surface area contributed by atoms with Crippen LogP contribution in [-0.2, 0) is 6.42 Å². The molecular formula is C24H31ClIN3O4. The largest absolute Gasteiger partial charge is 0.493 e. The van der Waals surface area contributed by atoms with E-state index >= 15 is 0 Å². The molecule has 33 heavy (non-hydrogen) atoms. The number of rotatable bonds is 10. The quantitative estimate of drug-likeness (QED) is 0.290. The summed E-state index contributed by atoms with van der Waals surface area (Å²) in [6.07, 6.45) is 4.05. The number of likely N-dealkylation sites (N-methyl/N-ethyl adjacent to an activating group) is 1. The summed E-state index contributed by atoms with van der Waals surface area (Å²) in [6, 6.07) is 11.6. The van der Waals surface area contributed by atoms with E-state index in [-0.39, 0.29) is 12.1 Å². The zero-order chi connectivity index (χ0) is 23.8. The predicted octanol–water partition coefficient (Wildman–Crippen LogP) is 5.35. The van der Waals surface area contributed by atoms with Crippen LogP contribution in [0.3, 0.4) is 0 Å². The summed E-state index contributed by atoms with van der Waals surface area (Å²) in [5, 5.41) is 6.83. The van der Waals surface area contributed by atoms with Crippen molar-refractivity contribution in [2.75, 3.05) is 37.7 Å². The number of nitrogens with one attached hydrogen (secondary N) is 2. The molecule has 180 valence electrons. The van der Waals surface area contributed by atoms with Gasteiger partial charge in [-0.2, -0.15) is 0 Å². The number of hydrogen-bond donors (Lipinski definition) is 2. The molecule has 2 aromatic rings. The minimum absolute atomic E-state index is 0.0884. The zero-order valence-corrected chi connectivity index (χ0v) is 22.1. The van der Waals surface area contributed by atoms with Crippen LogP contribution >= 0.6 is 34.2 Å². The number of carbonyl (C=O) groups is 1. The van der Waals surface area contributed by atoms with Crippen LogP contribution in [0.1, 0.15) is 24.8 Å². The van der Waals surface area contributed by atoms with E-state index in [0.717, 1.165) is 37.3 Å². The molecule has 1 aliphatic carbocycles. The molecule has 3 rings (SSSR count). The van der Waals surface area contributed by atoms with E-state index < -0.39 is 0 Å². The molecule has 0 heterocycles. The Hall–Kier alpha value is -1.91. The highest BCUT2D eigenvalue weighted by Crippen LogP contribution is 2.40. The van der Waals surface area contributed by atoms with E-state index in [1.807, 2.05) is 12.1 Å². The van der Waals surface area contributed by atoms with Gasteiger partial charge in [-0.25, -0.2) is 4.79 Å². The van der Waals surface area contributed by atoms with Gasteiger partial charge < -0.3 is 29.7 Å². The molecule has 2 N–H and O–H groups in total. The fourth-order valence-electron chi connectivity index (χ4n) is 4.26. The van der Waals surface area contributed by atoms with Gasteiger partial charge in [0.2, 0.25) is 5.75 Å².